The number of carbonyl (C=O) groups excluding carboxylic acids is 1. The fraction of sp³-hybridized carbons (Fsp3) is 0. The van der Waals surface area contributed by atoms with Crippen LogP contribution in [0.3, 0.4) is 0 Å². The molecule has 0 spiro atoms. The minimum Gasteiger partial charge on any atom is -0.402 e. The average Bonchev–Trinajstić information content (AvgIpc) is 2.96. The zero-order valence-corrected chi connectivity index (χ0v) is 12.8. The van der Waals surface area contributed by atoms with Gasteiger partial charge in [0.1, 0.15) is 0 Å². The van der Waals surface area contributed by atoms with Gasteiger partial charge in [0.05, 0.1) is 16.3 Å². The molecule has 4 nitrogen and oxygen atoms in total. The van der Waals surface area contributed by atoms with Gasteiger partial charge in [-0.15, -0.1) is 5.10 Å². The Balaban J connectivity index is 1.79. The van der Waals surface area contributed by atoms with Crippen LogP contribution in [0.1, 0.15) is 10.4 Å². The van der Waals surface area contributed by atoms with Crippen LogP contribution in [0.15, 0.2) is 60.8 Å². The van der Waals surface area contributed by atoms with Crippen LogP contribution in [0.5, 0.6) is 5.88 Å². The summed E-state index contributed by atoms with van der Waals surface area (Å²) in [5.74, 6) is -0.389. The maximum Gasteiger partial charge on any atom is 0.346 e. The summed E-state index contributed by atoms with van der Waals surface area (Å²) in [6.07, 6.45) is 1.71. The molecule has 3 aromatic rings. The molecule has 0 aliphatic heterocycles. The van der Waals surface area contributed by atoms with Gasteiger partial charge in [-0.05, 0) is 30.3 Å². The molecule has 0 fully saturated rings. The van der Waals surface area contributed by atoms with Gasteiger partial charge in [-0.1, -0.05) is 41.4 Å². The molecule has 3 rings (SSSR count). The highest BCUT2D eigenvalue weighted by molar-refractivity contribution is 6.36. The van der Waals surface area contributed by atoms with E-state index in [4.69, 9.17) is 27.9 Å². The second-order valence-electron chi connectivity index (χ2n) is 4.45. The standard InChI is InChI=1S/C16H10Cl2N2O2/c17-11-6-7-13(14(18)10-11)16(21)22-15-8-9-20(19-15)12-4-2-1-3-5-12/h1-10H. The summed E-state index contributed by atoms with van der Waals surface area (Å²) >= 11 is 11.8. The van der Waals surface area contributed by atoms with Crippen molar-refractivity contribution in [2.24, 2.45) is 0 Å². The van der Waals surface area contributed by atoms with Crippen molar-refractivity contribution in [1.29, 1.82) is 0 Å². The lowest BCUT2D eigenvalue weighted by molar-refractivity contribution is 0.0727. The summed E-state index contributed by atoms with van der Waals surface area (Å²) in [4.78, 5) is 12.1. The van der Waals surface area contributed by atoms with Crippen molar-refractivity contribution < 1.29 is 9.53 Å². The summed E-state index contributed by atoms with van der Waals surface area (Å²) in [6, 6.07) is 15.7. The van der Waals surface area contributed by atoms with Crippen LogP contribution in [-0.2, 0) is 0 Å². The van der Waals surface area contributed by atoms with Crippen molar-refractivity contribution in [2.45, 2.75) is 0 Å². The van der Waals surface area contributed by atoms with Crippen LogP contribution in [0.25, 0.3) is 5.69 Å². The van der Waals surface area contributed by atoms with Gasteiger partial charge in [0.2, 0.25) is 5.88 Å². The van der Waals surface area contributed by atoms with Crippen LogP contribution in [0.2, 0.25) is 10.0 Å². The van der Waals surface area contributed by atoms with Gasteiger partial charge in [-0.3, -0.25) is 0 Å². The van der Waals surface area contributed by atoms with Gasteiger partial charge >= 0.3 is 5.97 Å². The maximum absolute atomic E-state index is 12.1. The molecule has 0 aliphatic carbocycles. The summed E-state index contributed by atoms with van der Waals surface area (Å²) in [7, 11) is 0. The third-order valence-corrected chi connectivity index (χ3v) is 3.48. The van der Waals surface area contributed by atoms with Crippen LogP contribution < -0.4 is 4.74 Å². The van der Waals surface area contributed by atoms with Crippen molar-refractivity contribution >= 4 is 29.2 Å². The number of aromatic nitrogens is 2. The van der Waals surface area contributed by atoms with Crippen molar-refractivity contribution in [3.63, 3.8) is 0 Å². The molecule has 1 heterocycles. The summed E-state index contributed by atoms with van der Waals surface area (Å²) < 4.78 is 6.84. The first kappa shape index (κ1) is 14.6. The summed E-state index contributed by atoms with van der Waals surface area (Å²) in [6.45, 7) is 0. The zero-order chi connectivity index (χ0) is 15.5. The monoisotopic (exact) mass is 332 g/mol. The van der Waals surface area contributed by atoms with Crippen molar-refractivity contribution in [3.8, 4) is 11.6 Å². The van der Waals surface area contributed by atoms with Gasteiger partial charge in [-0.25, -0.2) is 9.48 Å². The van der Waals surface area contributed by atoms with E-state index in [9.17, 15) is 4.79 Å². The number of hydrogen-bond donors (Lipinski definition) is 0. The molecule has 0 atom stereocenters. The van der Waals surface area contributed by atoms with Gasteiger partial charge in [0, 0.05) is 17.3 Å². The predicted molar refractivity (Wildman–Crippen MR) is 85.0 cm³/mol. The second kappa shape index (κ2) is 6.22. The van der Waals surface area contributed by atoms with Crippen molar-refractivity contribution in [3.05, 3.63) is 76.4 Å². The number of para-hydroxylation sites is 1. The Hall–Kier alpha value is -2.30. The molecule has 2 aromatic carbocycles. The highest BCUT2D eigenvalue weighted by Gasteiger charge is 2.14. The predicted octanol–water partition coefficient (Wildman–Crippen LogP) is 4.40. The first-order chi connectivity index (χ1) is 10.6. The molecule has 0 saturated carbocycles. The summed E-state index contributed by atoms with van der Waals surface area (Å²) in [5.41, 5.74) is 1.11. The molecule has 0 bridgehead atoms. The lowest BCUT2D eigenvalue weighted by atomic mass is 10.2. The summed E-state index contributed by atoms with van der Waals surface area (Å²) in [5, 5.41) is 4.89. The van der Waals surface area contributed by atoms with E-state index in [1.54, 1.807) is 23.0 Å². The number of ether oxygens (including phenoxy) is 1. The van der Waals surface area contributed by atoms with Gasteiger partial charge in [0.15, 0.2) is 0 Å². The van der Waals surface area contributed by atoms with Crippen molar-refractivity contribution in [1.82, 2.24) is 9.78 Å². The molecule has 0 aliphatic rings. The largest absolute Gasteiger partial charge is 0.402 e. The van der Waals surface area contributed by atoms with E-state index in [1.165, 1.54) is 12.1 Å². The van der Waals surface area contributed by atoms with Crippen LogP contribution in [0.4, 0.5) is 0 Å². The molecule has 0 radical (unpaired) electrons. The van der Waals surface area contributed by atoms with E-state index in [-0.39, 0.29) is 16.5 Å². The molecular formula is C16H10Cl2N2O2. The Bertz CT molecular complexity index is 816. The first-order valence-corrected chi connectivity index (χ1v) is 7.17. The lowest BCUT2D eigenvalue weighted by Crippen LogP contribution is -2.09. The first-order valence-electron chi connectivity index (χ1n) is 6.42. The van der Waals surface area contributed by atoms with Crippen molar-refractivity contribution in [2.75, 3.05) is 0 Å². The van der Waals surface area contributed by atoms with E-state index in [2.05, 4.69) is 5.10 Å². The van der Waals surface area contributed by atoms with Crippen LogP contribution >= 0.6 is 23.2 Å². The molecule has 0 amide bonds. The smallest absolute Gasteiger partial charge is 0.346 e. The zero-order valence-electron chi connectivity index (χ0n) is 11.2. The van der Waals surface area contributed by atoms with E-state index in [0.717, 1.165) is 5.69 Å². The molecule has 22 heavy (non-hydrogen) atoms. The number of carbonyl (C=O) groups is 1. The van der Waals surface area contributed by atoms with E-state index in [0.29, 0.717) is 5.02 Å². The highest BCUT2D eigenvalue weighted by Crippen LogP contribution is 2.22. The number of nitrogens with zero attached hydrogens (tertiary/aromatic N) is 2. The second-order valence-corrected chi connectivity index (χ2v) is 5.29. The van der Waals surface area contributed by atoms with Crippen LogP contribution in [0, 0.1) is 0 Å². The molecule has 6 heteroatoms. The Kier molecular flexibility index (Phi) is 4.13. The topological polar surface area (TPSA) is 44.1 Å². The molecule has 0 N–H and O–H groups in total. The van der Waals surface area contributed by atoms with Crippen LogP contribution in [-0.4, -0.2) is 15.7 Å². The van der Waals surface area contributed by atoms with Gasteiger partial charge in [-0.2, -0.15) is 0 Å². The lowest BCUT2D eigenvalue weighted by Gasteiger charge is -2.04. The molecular weight excluding hydrogens is 323 g/mol. The Labute approximate surface area is 136 Å². The Morgan fingerprint density at radius 1 is 1.05 bits per heavy atom. The molecule has 0 saturated heterocycles. The van der Waals surface area contributed by atoms with E-state index in [1.807, 2.05) is 30.3 Å². The van der Waals surface area contributed by atoms with Gasteiger partial charge < -0.3 is 4.74 Å². The molecule has 0 unspecified atom stereocenters. The SMILES string of the molecule is O=C(Oc1ccn(-c2ccccc2)n1)c1ccc(Cl)cc1Cl. The third kappa shape index (κ3) is 3.13. The number of esters is 1. The van der Waals surface area contributed by atoms with E-state index >= 15 is 0 Å². The number of halogens is 2. The fourth-order valence-corrected chi connectivity index (χ4v) is 2.38. The van der Waals surface area contributed by atoms with Gasteiger partial charge in [0.25, 0.3) is 0 Å². The third-order valence-electron chi connectivity index (χ3n) is 2.93. The minimum atomic E-state index is -0.583. The Morgan fingerprint density at radius 2 is 1.82 bits per heavy atom. The number of benzene rings is 2. The number of hydrogen-bond acceptors (Lipinski definition) is 3. The van der Waals surface area contributed by atoms with E-state index < -0.39 is 5.97 Å². The fourth-order valence-electron chi connectivity index (χ4n) is 1.89. The Morgan fingerprint density at radius 3 is 2.55 bits per heavy atom. The molecule has 110 valence electrons. The normalized spacial score (nSPS) is 10.5. The maximum atomic E-state index is 12.1. The average molecular weight is 333 g/mol. The molecule has 1 aromatic heterocycles. The number of rotatable bonds is 3. The minimum absolute atomic E-state index is 0.194. The quantitative estimate of drug-likeness (QED) is 0.668. The highest BCUT2D eigenvalue weighted by atomic mass is 35.5.